The van der Waals surface area contributed by atoms with E-state index in [0.717, 1.165) is 22.0 Å². The topological polar surface area (TPSA) is 77.8 Å². The first-order valence-electron chi connectivity index (χ1n) is 8.09. The van der Waals surface area contributed by atoms with Gasteiger partial charge in [-0.3, -0.25) is 10.0 Å². The molecule has 1 aromatic heterocycles. The van der Waals surface area contributed by atoms with E-state index in [1.54, 1.807) is 35.9 Å². The second-order valence-corrected chi connectivity index (χ2v) is 6.86. The molecule has 0 bridgehead atoms. The Morgan fingerprint density at radius 2 is 2.04 bits per heavy atom. The number of hydroxylamine groups is 1. The molecule has 0 aliphatic rings. The van der Waals surface area contributed by atoms with Crippen molar-refractivity contribution in [3.63, 3.8) is 0 Å². The second-order valence-electron chi connectivity index (χ2n) is 5.62. The number of rotatable bonds is 6. The van der Waals surface area contributed by atoms with E-state index >= 15 is 0 Å². The van der Waals surface area contributed by atoms with E-state index in [-0.39, 0.29) is 0 Å². The molecule has 0 saturated heterocycles. The molecule has 0 spiro atoms. The minimum absolute atomic E-state index is 0.407. The number of carbonyl (C=O) groups excluding carboxylic acids is 1. The molecular formula is C19H17ClN4O2S. The molecule has 0 aliphatic heterocycles. The van der Waals surface area contributed by atoms with Gasteiger partial charge in [-0.25, -0.2) is 15.5 Å². The van der Waals surface area contributed by atoms with Crippen LogP contribution in [0.3, 0.4) is 0 Å². The van der Waals surface area contributed by atoms with E-state index in [9.17, 15) is 4.79 Å². The average Bonchev–Trinajstić information content (AvgIpc) is 3.18. The lowest BCUT2D eigenvalue weighted by Gasteiger charge is -2.09. The Balaban J connectivity index is 1.71. The fourth-order valence-electron chi connectivity index (χ4n) is 2.50. The molecule has 8 heteroatoms. The van der Waals surface area contributed by atoms with E-state index in [0.29, 0.717) is 17.0 Å². The number of anilines is 1. The Hall–Kier alpha value is -2.74. The predicted molar refractivity (Wildman–Crippen MR) is 109 cm³/mol. The zero-order valence-electron chi connectivity index (χ0n) is 14.5. The zero-order chi connectivity index (χ0) is 19.2. The summed E-state index contributed by atoms with van der Waals surface area (Å²) in [7, 11) is 1.80. The Morgan fingerprint density at radius 1 is 1.30 bits per heavy atom. The number of nitrogens with zero attached hydrogens (tertiary/aromatic N) is 3. The molecule has 6 nitrogen and oxygen atoms in total. The van der Waals surface area contributed by atoms with Crippen molar-refractivity contribution in [1.29, 1.82) is 0 Å². The van der Waals surface area contributed by atoms with E-state index in [2.05, 4.69) is 10.1 Å². The molecule has 0 saturated carbocycles. The maximum absolute atomic E-state index is 11.7. The molecule has 138 valence electrons. The standard InChI is InChI=1S/C19H17ClN4O2S/c1-24(19-22-17(12-27-19)15-8-4-5-9-16(15)20)21-11-10-13-6-2-3-7-14(13)18(25)23-26/h2-9,11-12,26H,10H2,1H3,(H,23,25)/b21-11+. The third-order valence-electron chi connectivity index (χ3n) is 3.85. The van der Waals surface area contributed by atoms with Crippen molar-refractivity contribution in [2.75, 3.05) is 12.1 Å². The van der Waals surface area contributed by atoms with Gasteiger partial charge in [-0.1, -0.05) is 48.0 Å². The van der Waals surface area contributed by atoms with Gasteiger partial charge in [0.2, 0.25) is 5.13 Å². The summed E-state index contributed by atoms with van der Waals surface area (Å²) in [5.74, 6) is -0.545. The molecule has 0 aliphatic carbocycles. The number of nitrogens with one attached hydrogen (secondary N) is 1. The number of carbonyl (C=O) groups is 1. The fraction of sp³-hybridized carbons (Fsp3) is 0.105. The van der Waals surface area contributed by atoms with Crippen LogP contribution in [-0.4, -0.2) is 29.4 Å². The van der Waals surface area contributed by atoms with Crippen LogP contribution in [0.2, 0.25) is 5.02 Å². The molecule has 2 aromatic carbocycles. The smallest absolute Gasteiger partial charge is 0.274 e. The van der Waals surface area contributed by atoms with Gasteiger partial charge in [0, 0.05) is 41.2 Å². The Kier molecular flexibility index (Phi) is 6.18. The lowest BCUT2D eigenvalue weighted by Crippen LogP contribution is -2.20. The quantitative estimate of drug-likeness (QED) is 0.368. The summed E-state index contributed by atoms with van der Waals surface area (Å²) in [5.41, 5.74) is 4.50. The summed E-state index contributed by atoms with van der Waals surface area (Å²) in [5, 5.41) is 18.2. The number of halogens is 1. The number of thiazole rings is 1. The molecule has 27 heavy (non-hydrogen) atoms. The number of amides is 1. The molecule has 0 unspecified atom stereocenters. The van der Waals surface area contributed by atoms with Crippen molar-refractivity contribution in [3.8, 4) is 11.3 Å². The summed E-state index contributed by atoms with van der Waals surface area (Å²) >= 11 is 7.69. The molecule has 0 atom stereocenters. The largest absolute Gasteiger partial charge is 0.288 e. The van der Waals surface area contributed by atoms with Gasteiger partial charge in [0.25, 0.3) is 5.91 Å². The van der Waals surface area contributed by atoms with Gasteiger partial charge in [-0.05, 0) is 17.7 Å². The van der Waals surface area contributed by atoms with Gasteiger partial charge in [-0.2, -0.15) is 5.10 Å². The Bertz CT molecular complexity index is 974. The number of hydrogen-bond donors (Lipinski definition) is 2. The predicted octanol–water partition coefficient (Wildman–Crippen LogP) is 4.25. The second kappa shape index (κ2) is 8.77. The van der Waals surface area contributed by atoms with Crippen molar-refractivity contribution in [1.82, 2.24) is 10.5 Å². The van der Waals surface area contributed by atoms with Crippen molar-refractivity contribution in [2.45, 2.75) is 6.42 Å². The van der Waals surface area contributed by atoms with Gasteiger partial charge < -0.3 is 0 Å². The van der Waals surface area contributed by atoms with Gasteiger partial charge in [0.15, 0.2) is 0 Å². The van der Waals surface area contributed by atoms with Crippen LogP contribution in [0, 0.1) is 0 Å². The van der Waals surface area contributed by atoms with E-state index in [1.807, 2.05) is 41.8 Å². The molecule has 3 aromatic rings. The summed E-state index contributed by atoms with van der Waals surface area (Å²) in [4.78, 5) is 16.3. The van der Waals surface area contributed by atoms with Crippen molar-refractivity contribution < 1.29 is 10.0 Å². The van der Waals surface area contributed by atoms with Crippen LogP contribution in [-0.2, 0) is 6.42 Å². The molecule has 1 heterocycles. The van der Waals surface area contributed by atoms with Crippen molar-refractivity contribution in [2.24, 2.45) is 5.10 Å². The summed E-state index contributed by atoms with van der Waals surface area (Å²) in [6, 6.07) is 14.6. The first kappa shape index (κ1) is 19.0. The Labute approximate surface area is 165 Å². The fourth-order valence-corrected chi connectivity index (χ4v) is 3.48. The average molecular weight is 401 g/mol. The van der Waals surface area contributed by atoms with Crippen LogP contribution in [0.5, 0.6) is 0 Å². The molecule has 3 rings (SSSR count). The first-order chi connectivity index (χ1) is 13.1. The van der Waals surface area contributed by atoms with Gasteiger partial charge in [0.05, 0.1) is 5.69 Å². The number of aromatic nitrogens is 1. The van der Waals surface area contributed by atoms with Crippen LogP contribution in [0.25, 0.3) is 11.3 Å². The van der Waals surface area contributed by atoms with E-state index in [1.165, 1.54) is 11.3 Å². The highest BCUT2D eigenvalue weighted by Crippen LogP contribution is 2.31. The van der Waals surface area contributed by atoms with Crippen molar-refractivity contribution in [3.05, 3.63) is 70.1 Å². The molecule has 1 amide bonds. The zero-order valence-corrected chi connectivity index (χ0v) is 16.0. The summed E-state index contributed by atoms with van der Waals surface area (Å²) < 4.78 is 0. The van der Waals surface area contributed by atoms with E-state index < -0.39 is 5.91 Å². The van der Waals surface area contributed by atoms with E-state index in [4.69, 9.17) is 16.8 Å². The highest BCUT2D eigenvalue weighted by atomic mass is 35.5. The Morgan fingerprint density at radius 3 is 2.81 bits per heavy atom. The van der Waals surface area contributed by atoms with Crippen LogP contribution in [0.4, 0.5) is 5.13 Å². The van der Waals surface area contributed by atoms with Crippen LogP contribution < -0.4 is 10.5 Å². The lowest BCUT2D eigenvalue weighted by atomic mass is 10.0. The van der Waals surface area contributed by atoms with Crippen LogP contribution in [0.1, 0.15) is 15.9 Å². The number of hydrazone groups is 1. The maximum atomic E-state index is 11.7. The third kappa shape index (κ3) is 4.51. The number of hydrogen-bond acceptors (Lipinski definition) is 6. The minimum Gasteiger partial charge on any atom is -0.288 e. The molecule has 2 N–H and O–H groups in total. The van der Waals surface area contributed by atoms with Crippen LogP contribution in [0.15, 0.2) is 59.0 Å². The molecule has 0 fully saturated rings. The number of benzene rings is 2. The van der Waals surface area contributed by atoms with Crippen molar-refractivity contribution >= 4 is 40.2 Å². The summed E-state index contributed by atoms with van der Waals surface area (Å²) in [6.45, 7) is 0. The molecule has 0 radical (unpaired) electrons. The maximum Gasteiger partial charge on any atom is 0.274 e. The van der Waals surface area contributed by atoms with Gasteiger partial charge in [0.1, 0.15) is 0 Å². The highest BCUT2D eigenvalue weighted by molar-refractivity contribution is 7.14. The molecular weight excluding hydrogens is 384 g/mol. The monoisotopic (exact) mass is 400 g/mol. The highest BCUT2D eigenvalue weighted by Gasteiger charge is 2.11. The minimum atomic E-state index is -0.545. The van der Waals surface area contributed by atoms with Gasteiger partial charge >= 0.3 is 0 Å². The normalized spacial score (nSPS) is 10.9. The SMILES string of the molecule is CN(/N=C/Cc1ccccc1C(=O)NO)c1nc(-c2ccccc2Cl)cs1. The van der Waals surface area contributed by atoms with Crippen LogP contribution >= 0.6 is 22.9 Å². The van der Waals surface area contributed by atoms with Gasteiger partial charge in [-0.15, -0.1) is 11.3 Å². The summed E-state index contributed by atoms with van der Waals surface area (Å²) in [6.07, 6.45) is 2.14. The third-order valence-corrected chi connectivity index (χ3v) is 5.09. The lowest BCUT2D eigenvalue weighted by molar-refractivity contribution is 0.0705. The first-order valence-corrected chi connectivity index (χ1v) is 9.35.